The molecule has 2 atom stereocenters. The van der Waals surface area contributed by atoms with E-state index >= 15 is 0 Å². The summed E-state index contributed by atoms with van der Waals surface area (Å²) in [5.74, 6) is -0.847. The van der Waals surface area contributed by atoms with Crippen molar-refractivity contribution in [2.24, 2.45) is 21.3 Å². The summed E-state index contributed by atoms with van der Waals surface area (Å²) in [6, 6.07) is 11.1. The van der Waals surface area contributed by atoms with Gasteiger partial charge in [-0.2, -0.15) is 5.10 Å². The van der Waals surface area contributed by atoms with Crippen LogP contribution in [0, 0.1) is 36.5 Å². The number of hydrogen-bond acceptors (Lipinski definition) is 8. The van der Waals surface area contributed by atoms with Crippen LogP contribution in [0.15, 0.2) is 53.6 Å². The standard InChI is InChI=1S/C23H23N5O6/c1-21(2)22(3)12-13-23(21,20(30)24-14-4-8-16(9-5-14)27(31)32)19(29)18(22)26-25-15-6-10-17(11-7-15)28(33)34/h4-11,25H,12-13H2,1-3H3,(H,24,30)/b26-18+. The van der Waals surface area contributed by atoms with E-state index in [1.807, 2.05) is 20.8 Å². The molecule has 0 aromatic heterocycles. The molecule has 2 saturated carbocycles. The second-order valence-corrected chi connectivity index (χ2v) is 9.33. The quantitative estimate of drug-likeness (QED) is 0.366. The zero-order valence-corrected chi connectivity index (χ0v) is 18.8. The molecule has 11 nitrogen and oxygen atoms in total. The van der Waals surface area contributed by atoms with Crippen LogP contribution in [0.5, 0.6) is 0 Å². The minimum Gasteiger partial charge on any atom is -0.325 e. The van der Waals surface area contributed by atoms with Gasteiger partial charge in [-0.1, -0.05) is 20.8 Å². The number of carbonyl (C=O) groups excluding carboxylic acids is 2. The minimum atomic E-state index is -1.35. The predicted octanol–water partition coefficient (Wildman–Crippen LogP) is 4.31. The Bertz CT molecular complexity index is 1240. The van der Waals surface area contributed by atoms with Crippen molar-refractivity contribution in [2.45, 2.75) is 33.6 Å². The Hall–Kier alpha value is -4.15. The number of nitro benzene ring substituents is 2. The Morgan fingerprint density at radius 3 is 1.88 bits per heavy atom. The number of benzene rings is 2. The Balaban J connectivity index is 1.62. The predicted molar refractivity (Wildman–Crippen MR) is 124 cm³/mol. The number of nitrogens with zero attached hydrogens (tertiary/aromatic N) is 3. The fourth-order valence-electron chi connectivity index (χ4n) is 5.15. The first-order valence-corrected chi connectivity index (χ1v) is 10.6. The van der Waals surface area contributed by atoms with E-state index in [2.05, 4.69) is 15.8 Å². The van der Waals surface area contributed by atoms with Crippen LogP contribution in [0.4, 0.5) is 22.7 Å². The molecular weight excluding hydrogens is 442 g/mol. The van der Waals surface area contributed by atoms with Crippen molar-refractivity contribution in [3.63, 3.8) is 0 Å². The molecule has 2 aromatic carbocycles. The van der Waals surface area contributed by atoms with Crippen molar-refractivity contribution in [3.05, 3.63) is 68.8 Å². The summed E-state index contributed by atoms with van der Waals surface area (Å²) < 4.78 is 0. The molecule has 2 aliphatic carbocycles. The maximum Gasteiger partial charge on any atom is 0.269 e. The van der Waals surface area contributed by atoms with Gasteiger partial charge in [-0.25, -0.2) is 0 Å². The lowest BCUT2D eigenvalue weighted by atomic mass is 9.64. The molecule has 2 unspecified atom stereocenters. The Morgan fingerprint density at radius 2 is 1.38 bits per heavy atom. The molecule has 11 heteroatoms. The lowest BCUT2D eigenvalue weighted by molar-refractivity contribution is -0.385. The fourth-order valence-corrected chi connectivity index (χ4v) is 5.15. The van der Waals surface area contributed by atoms with Gasteiger partial charge < -0.3 is 5.32 Å². The van der Waals surface area contributed by atoms with Gasteiger partial charge in [-0.05, 0) is 42.5 Å². The number of rotatable bonds is 6. The van der Waals surface area contributed by atoms with Gasteiger partial charge in [-0.15, -0.1) is 0 Å². The number of anilines is 2. The van der Waals surface area contributed by atoms with Crippen LogP contribution in [0.2, 0.25) is 0 Å². The summed E-state index contributed by atoms with van der Waals surface area (Å²) in [5, 5.41) is 28.8. The second kappa shape index (κ2) is 7.72. The number of amides is 1. The number of ketones is 1. The van der Waals surface area contributed by atoms with Crippen LogP contribution in [-0.4, -0.2) is 27.2 Å². The number of non-ortho nitro benzene ring substituents is 2. The van der Waals surface area contributed by atoms with Crippen LogP contribution in [0.1, 0.15) is 33.6 Å². The topological polar surface area (TPSA) is 157 Å². The van der Waals surface area contributed by atoms with Gasteiger partial charge in [0.05, 0.1) is 15.5 Å². The van der Waals surface area contributed by atoms with E-state index < -0.39 is 32.0 Å². The molecule has 2 bridgehead atoms. The zero-order chi connectivity index (χ0) is 24.9. The van der Waals surface area contributed by atoms with E-state index in [4.69, 9.17) is 0 Å². The van der Waals surface area contributed by atoms with E-state index in [0.29, 0.717) is 24.2 Å². The highest BCUT2D eigenvalue weighted by Gasteiger charge is 2.76. The van der Waals surface area contributed by atoms with Crippen LogP contribution in [-0.2, 0) is 9.59 Å². The lowest BCUT2D eigenvalue weighted by Gasteiger charge is -2.37. The number of hydrazone groups is 1. The molecule has 176 valence electrons. The summed E-state index contributed by atoms with van der Waals surface area (Å²) in [7, 11) is 0. The molecule has 1 amide bonds. The van der Waals surface area contributed by atoms with Crippen LogP contribution in [0.25, 0.3) is 0 Å². The van der Waals surface area contributed by atoms with Gasteiger partial charge in [0.1, 0.15) is 11.1 Å². The van der Waals surface area contributed by atoms with E-state index in [1.54, 1.807) is 0 Å². The summed E-state index contributed by atoms with van der Waals surface area (Å²) in [6.07, 6.45) is 0.922. The lowest BCUT2D eigenvalue weighted by Crippen LogP contribution is -2.47. The third-order valence-corrected chi connectivity index (χ3v) is 7.67. The maximum atomic E-state index is 13.6. The highest BCUT2D eigenvalue weighted by atomic mass is 16.6. The van der Waals surface area contributed by atoms with E-state index in [9.17, 15) is 29.8 Å². The zero-order valence-electron chi connectivity index (χ0n) is 18.8. The van der Waals surface area contributed by atoms with Crippen molar-refractivity contribution in [2.75, 3.05) is 10.7 Å². The van der Waals surface area contributed by atoms with Gasteiger partial charge in [-0.3, -0.25) is 35.2 Å². The average molecular weight is 465 g/mol. The molecule has 0 spiro atoms. The van der Waals surface area contributed by atoms with Crippen molar-refractivity contribution >= 4 is 40.2 Å². The van der Waals surface area contributed by atoms with Gasteiger partial charge in [0, 0.05) is 35.4 Å². The van der Waals surface area contributed by atoms with Crippen LogP contribution < -0.4 is 10.7 Å². The number of Topliss-reactive ketones (excluding diaryl/α,β-unsaturated/α-hetero) is 1. The molecule has 0 aliphatic heterocycles. The maximum absolute atomic E-state index is 13.6. The number of fused-ring (bicyclic) bond motifs is 2. The third kappa shape index (κ3) is 3.15. The first-order valence-electron chi connectivity index (χ1n) is 10.6. The van der Waals surface area contributed by atoms with Crippen molar-refractivity contribution in [1.29, 1.82) is 0 Å². The minimum absolute atomic E-state index is 0.0656. The molecule has 34 heavy (non-hydrogen) atoms. The number of carbonyl (C=O) groups is 2. The molecule has 2 aromatic rings. The van der Waals surface area contributed by atoms with Gasteiger partial charge in [0.25, 0.3) is 11.4 Å². The van der Waals surface area contributed by atoms with Crippen molar-refractivity contribution in [3.8, 4) is 0 Å². The summed E-state index contributed by atoms with van der Waals surface area (Å²) in [5.41, 5.74) is 0.939. The van der Waals surface area contributed by atoms with E-state index in [1.165, 1.54) is 48.5 Å². The smallest absolute Gasteiger partial charge is 0.269 e. The number of nitrogens with one attached hydrogen (secondary N) is 2. The molecule has 2 N–H and O–H groups in total. The molecule has 0 saturated heterocycles. The number of hydrogen-bond donors (Lipinski definition) is 2. The Labute approximate surface area is 194 Å². The first-order chi connectivity index (χ1) is 15.9. The van der Waals surface area contributed by atoms with Gasteiger partial charge in [0.15, 0.2) is 5.78 Å². The Morgan fingerprint density at radius 1 is 0.882 bits per heavy atom. The second-order valence-electron chi connectivity index (χ2n) is 9.33. The van der Waals surface area contributed by atoms with Crippen LogP contribution in [0.3, 0.4) is 0 Å². The van der Waals surface area contributed by atoms with Crippen LogP contribution >= 0.6 is 0 Å². The Kier molecular flexibility index (Phi) is 5.23. The molecule has 2 aliphatic rings. The van der Waals surface area contributed by atoms with Gasteiger partial charge >= 0.3 is 0 Å². The highest BCUT2D eigenvalue weighted by Crippen LogP contribution is 2.69. The van der Waals surface area contributed by atoms with E-state index in [-0.39, 0.29) is 22.9 Å². The largest absolute Gasteiger partial charge is 0.325 e. The first kappa shape index (κ1) is 23.0. The SMILES string of the molecule is CC12CCC(C(=O)Nc3ccc([N+](=O)[O-])cc3)(C(=O)/C1=N\Nc1ccc([N+](=O)[O-])cc1)C2(C)C. The molecular formula is C23H23N5O6. The summed E-state index contributed by atoms with van der Waals surface area (Å²) in [6.45, 7) is 5.67. The number of nitro groups is 2. The van der Waals surface area contributed by atoms with Gasteiger partial charge in [0.2, 0.25) is 5.91 Å². The molecule has 2 fully saturated rings. The third-order valence-electron chi connectivity index (χ3n) is 7.67. The summed E-state index contributed by atoms with van der Waals surface area (Å²) in [4.78, 5) is 47.8. The summed E-state index contributed by atoms with van der Waals surface area (Å²) >= 11 is 0. The molecule has 0 heterocycles. The molecule has 0 radical (unpaired) electrons. The normalized spacial score (nSPS) is 25.9. The highest BCUT2D eigenvalue weighted by molar-refractivity contribution is 6.51. The van der Waals surface area contributed by atoms with E-state index in [0.717, 1.165) is 0 Å². The molecule has 4 rings (SSSR count). The van der Waals surface area contributed by atoms with Crippen molar-refractivity contribution in [1.82, 2.24) is 0 Å². The average Bonchev–Trinajstić information content (AvgIpc) is 3.07. The monoisotopic (exact) mass is 465 g/mol. The van der Waals surface area contributed by atoms with Crippen molar-refractivity contribution < 1.29 is 19.4 Å². The fraction of sp³-hybridized carbons (Fsp3) is 0.348.